The van der Waals surface area contributed by atoms with Gasteiger partial charge in [0.05, 0.1) is 0 Å². The van der Waals surface area contributed by atoms with Gasteiger partial charge in [-0.25, -0.2) is 0 Å². The highest BCUT2D eigenvalue weighted by molar-refractivity contribution is 4.96. The lowest BCUT2D eigenvalue weighted by atomic mass is 9.87. The summed E-state index contributed by atoms with van der Waals surface area (Å²) < 4.78 is 0. The van der Waals surface area contributed by atoms with E-state index >= 15 is 0 Å². The minimum Gasteiger partial charge on any atom is -0.0996 e. The molecule has 2 unspecified atom stereocenters. The van der Waals surface area contributed by atoms with E-state index in [4.69, 9.17) is 0 Å². The summed E-state index contributed by atoms with van der Waals surface area (Å²) in [5.41, 5.74) is 1.45. The number of hydrogen-bond acceptors (Lipinski definition) is 0. The number of rotatable bonds is 14. The molecule has 22 heavy (non-hydrogen) atoms. The number of unbranched alkanes of at least 4 members (excludes halogenated alkanes) is 2. The quantitative estimate of drug-likeness (QED) is 0.227. The molecule has 0 radical (unpaired) electrons. The molecule has 0 amide bonds. The summed E-state index contributed by atoms with van der Waals surface area (Å²) in [5.74, 6) is 3.74. The van der Waals surface area contributed by atoms with Crippen molar-refractivity contribution < 1.29 is 0 Å². The van der Waals surface area contributed by atoms with Gasteiger partial charge in [0, 0.05) is 0 Å². The molecular weight excluding hydrogens is 264 g/mol. The molecule has 0 spiro atoms. The van der Waals surface area contributed by atoms with Gasteiger partial charge in [0.2, 0.25) is 0 Å². The van der Waals surface area contributed by atoms with Crippen LogP contribution in [0, 0.1) is 23.7 Å². The molecule has 130 valence electrons. The molecule has 0 nitrogen and oxygen atoms in total. The second-order valence-electron chi connectivity index (χ2n) is 8.31. The van der Waals surface area contributed by atoms with E-state index in [0.29, 0.717) is 5.92 Å². The molecule has 1 aliphatic carbocycles. The standard InChI is InChI=1S/C22H42/c1-6-7-8-13-21(14-9-11-19(4)18(2)3)15-10-12-20(5)22-16-17-22/h18,20-22H,4,6-17H2,1-3,5H3. The van der Waals surface area contributed by atoms with E-state index < -0.39 is 0 Å². The first kappa shape index (κ1) is 19.8. The van der Waals surface area contributed by atoms with Crippen molar-refractivity contribution in [1.82, 2.24) is 0 Å². The fourth-order valence-electron chi connectivity index (χ4n) is 3.65. The van der Waals surface area contributed by atoms with E-state index in [0.717, 1.165) is 17.8 Å². The summed E-state index contributed by atoms with van der Waals surface area (Å²) >= 11 is 0. The molecule has 1 rings (SSSR count). The van der Waals surface area contributed by atoms with Crippen molar-refractivity contribution in [1.29, 1.82) is 0 Å². The lowest BCUT2D eigenvalue weighted by molar-refractivity contribution is 0.352. The highest BCUT2D eigenvalue weighted by Gasteiger charge is 2.27. The predicted octanol–water partition coefficient (Wildman–Crippen LogP) is 7.78. The third kappa shape index (κ3) is 9.01. The van der Waals surface area contributed by atoms with Crippen LogP contribution in [0.25, 0.3) is 0 Å². The third-order valence-electron chi connectivity index (χ3n) is 5.84. The Morgan fingerprint density at radius 3 is 2.14 bits per heavy atom. The Morgan fingerprint density at radius 1 is 0.909 bits per heavy atom. The van der Waals surface area contributed by atoms with Gasteiger partial charge in [0.1, 0.15) is 0 Å². The van der Waals surface area contributed by atoms with Crippen molar-refractivity contribution >= 4 is 0 Å². The first-order chi connectivity index (χ1) is 10.5. The molecule has 0 bridgehead atoms. The molecular formula is C22H42. The van der Waals surface area contributed by atoms with Gasteiger partial charge >= 0.3 is 0 Å². The van der Waals surface area contributed by atoms with E-state index in [1.807, 2.05) is 0 Å². The topological polar surface area (TPSA) is 0 Å². The lowest BCUT2D eigenvalue weighted by Gasteiger charge is -2.19. The van der Waals surface area contributed by atoms with Crippen molar-refractivity contribution in [2.45, 2.75) is 105 Å². The van der Waals surface area contributed by atoms with E-state index in [-0.39, 0.29) is 0 Å². The summed E-state index contributed by atoms with van der Waals surface area (Å²) in [7, 11) is 0. The summed E-state index contributed by atoms with van der Waals surface area (Å²) in [6, 6.07) is 0. The zero-order valence-corrected chi connectivity index (χ0v) is 16.0. The largest absolute Gasteiger partial charge is 0.0996 e. The van der Waals surface area contributed by atoms with Crippen LogP contribution in [0.1, 0.15) is 105 Å². The van der Waals surface area contributed by atoms with E-state index in [1.165, 1.54) is 82.6 Å². The van der Waals surface area contributed by atoms with Crippen molar-refractivity contribution in [2.24, 2.45) is 23.7 Å². The summed E-state index contributed by atoms with van der Waals surface area (Å²) in [6.45, 7) is 13.6. The summed E-state index contributed by atoms with van der Waals surface area (Å²) in [6.07, 6.45) is 17.2. The van der Waals surface area contributed by atoms with Gasteiger partial charge in [-0.2, -0.15) is 0 Å². The zero-order chi connectivity index (χ0) is 16.4. The fourth-order valence-corrected chi connectivity index (χ4v) is 3.65. The van der Waals surface area contributed by atoms with Crippen LogP contribution in [-0.2, 0) is 0 Å². The van der Waals surface area contributed by atoms with Crippen LogP contribution in [0.3, 0.4) is 0 Å². The van der Waals surface area contributed by atoms with Crippen molar-refractivity contribution in [3.8, 4) is 0 Å². The second kappa shape index (κ2) is 11.3. The van der Waals surface area contributed by atoms with Crippen LogP contribution in [0.5, 0.6) is 0 Å². The minimum atomic E-state index is 0.665. The van der Waals surface area contributed by atoms with Crippen LogP contribution in [0.15, 0.2) is 12.2 Å². The van der Waals surface area contributed by atoms with Crippen LogP contribution >= 0.6 is 0 Å². The molecule has 0 saturated heterocycles. The Labute approximate surface area is 141 Å². The van der Waals surface area contributed by atoms with Gasteiger partial charge in [-0.1, -0.05) is 91.2 Å². The molecule has 2 atom stereocenters. The van der Waals surface area contributed by atoms with Gasteiger partial charge in [-0.15, -0.1) is 0 Å². The molecule has 0 aromatic heterocycles. The first-order valence-electron chi connectivity index (χ1n) is 10.2. The maximum Gasteiger partial charge on any atom is -0.0263 e. The smallest absolute Gasteiger partial charge is 0.0263 e. The molecule has 0 N–H and O–H groups in total. The van der Waals surface area contributed by atoms with E-state index in [9.17, 15) is 0 Å². The second-order valence-corrected chi connectivity index (χ2v) is 8.31. The van der Waals surface area contributed by atoms with Crippen LogP contribution in [0.2, 0.25) is 0 Å². The highest BCUT2D eigenvalue weighted by atomic mass is 14.3. The van der Waals surface area contributed by atoms with Crippen LogP contribution in [-0.4, -0.2) is 0 Å². The fraction of sp³-hybridized carbons (Fsp3) is 0.909. The van der Waals surface area contributed by atoms with Crippen molar-refractivity contribution in [3.63, 3.8) is 0 Å². The third-order valence-corrected chi connectivity index (χ3v) is 5.84. The Bertz CT molecular complexity index is 284. The molecule has 0 aromatic rings. The molecule has 0 aromatic carbocycles. The molecule has 1 fully saturated rings. The molecule has 0 aliphatic heterocycles. The molecule has 0 heterocycles. The number of hydrogen-bond donors (Lipinski definition) is 0. The lowest BCUT2D eigenvalue weighted by Crippen LogP contribution is -2.04. The Hall–Kier alpha value is -0.260. The summed E-state index contributed by atoms with van der Waals surface area (Å²) in [5, 5.41) is 0. The Kier molecular flexibility index (Phi) is 10.2. The Balaban J connectivity index is 2.20. The SMILES string of the molecule is C=C(CCCC(CCCCC)CCCC(C)C1CC1)C(C)C. The van der Waals surface area contributed by atoms with Crippen LogP contribution < -0.4 is 0 Å². The maximum absolute atomic E-state index is 4.24. The van der Waals surface area contributed by atoms with E-state index in [2.05, 4.69) is 34.3 Å². The minimum absolute atomic E-state index is 0.665. The van der Waals surface area contributed by atoms with Gasteiger partial charge < -0.3 is 0 Å². The molecule has 0 heteroatoms. The maximum atomic E-state index is 4.24. The van der Waals surface area contributed by atoms with Crippen molar-refractivity contribution in [3.05, 3.63) is 12.2 Å². The van der Waals surface area contributed by atoms with E-state index in [1.54, 1.807) is 0 Å². The normalized spacial score (nSPS) is 17.7. The Morgan fingerprint density at radius 2 is 1.55 bits per heavy atom. The highest BCUT2D eigenvalue weighted by Crippen LogP contribution is 2.39. The monoisotopic (exact) mass is 306 g/mol. The van der Waals surface area contributed by atoms with Crippen LogP contribution in [0.4, 0.5) is 0 Å². The van der Waals surface area contributed by atoms with Gasteiger partial charge in [-0.05, 0) is 49.4 Å². The molecule has 1 saturated carbocycles. The summed E-state index contributed by atoms with van der Waals surface area (Å²) in [4.78, 5) is 0. The first-order valence-corrected chi connectivity index (χ1v) is 10.2. The average molecular weight is 307 g/mol. The average Bonchev–Trinajstić information content (AvgIpc) is 3.31. The van der Waals surface area contributed by atoms with Gasteiger partial charge in [0.25, 0.3) is 0 Å². The zero-order valence-electron chi connectivity index (χ0n) is 16.0. The van der Waals surface area contributed by atoms with Crippen molar-refractivity contribution in [2.75, 3.05) is 0 Å². The molecule has 1 aliphatic rings. The predicted molar refractivity (Wildman–Crippen MR) is 101 cm³/mol. The number of allylic oxidation sites excluding steroid dienone is 1. The van der Waals surface area contributed by atoms with Gasteiger partial charge in [0.15, 0.2) is 0 Å². The van der Waals surface area contributed by atoms with Gasteiger partial charge in [-0.3, -0.25) is 0 Å².